The quantitative estimate of drug-likeness (QED) is 0.624. The number of carbonyl (C=O) groups is 2. The molecule has 0 saturated carbocycles. The standard InChI is InChI=1S/C23H36ClN3O4S/c1-23(2,3)31-22(29)27-10-6-17(7-11-27)16-18(8-9-26-12-14-30-15-13-26)25-21(28)19-4-5-20(24)32-19/h4-5,17-18H,6-16H2,1-3H3,(H,25,28)/t18-/m1/s1. The van der Waals surface area contributed by atoms with Gasteiger partial charge in [0.1, 0.15) is 5.60 Å². The van der Waals surface area contributed by atoms with Crippen LogP contribution in [0.2, 0.25) is 4.34 Å². The number of hydrogen-bond acceptors (Lipinski definition) is 6. The van der Waals surface area contributed by atoms with Gasteiger partial charge in [-0.05, 0) is 64.5 Å². The minimum atomic E-state index is -0.479. The minimum Gasteiger partial charge on any atom is -0.444 e. The Morgan fingerprint density at radius 1 is 1.22 bits per heavy atom. The molecule has 2 saturated heterocycles. The highest BCUT2D eigenvalue weighted by molar-refractivity contribution is 7.18. The van der Waals surface area contributed by atoms with Gasteiger partial charge in [0, 0.05) is 38.8 Å². The molecule has 1 atom stereocenters. The van der Waals surface area contributed by atoms with Crippen LogP contribution in [-0.4, -0.2) is 79.4 Å². The highest BCUT2D eigenvalue weighted by Gasteiger charge is 2.29. The van der Waals surface area contributed by atoms with Gasteiger partial charge < -0.3 is 19.7 Å². The van der Waals surface area contributed by atoms with Crippen molar-refractivity contribution in [1.29, 1.82) is 0 Å². The number of rotatable bonds is 7. The fourth-order valence-corrected chi connectivity index (χ4v) is 5.13. The molecule has 1 aromatic heterocycles. The van der Waals surface area contributed by atoms with Gasteiger partial charge in [-0.1, -0.05) is 11.6 Å². The Kier molecular flexibility index (Phi) is 9.22. The van der Waals surface area contributed by atoms with E-state index in [-0.39, 0.29) is 18.0 Å². The van der Waals surface area contributed by atoms with Crippen LogP contribution in [0.25, 0.3) is 0 Å². The zero-order valence-electron chi connectivity index (χ0n) is 19.4. The van der Waals surface area contributed by atoms with Crippen LogP contribution in [0, 0.1) is 5.92 Å². The van der Waals surface area contributed by atoms with E-state index in [1.54, 1.807) is 17.0 Å². The van der Waals surface area contributed by atoms with Gasteiger partial charge in [-0.25, -0.2) is 4.79 Å². The van der Waals surface area contributed by atoms with Crippen molar-refractivity contribution in [3.8, 4) is 0 Å². The summed E-state index contributed by atoms with van der Waals surface area (Å²) >= 11 is 7.32. The van der Waals surface area contributed by atoms with Crippen LogP contribution in [-0.2, 0) is 9.47 Å². The summed E-state index contributed by atoms with van der Waals surface area (Å²) in [6, 6.07) is 3.63. The molecular weight excluding hydrogens is 450 g/mol. The molecule has 0 bridgehead atoms. The second-order valence-electron chi connectivity index (χ2n) is 9.66. The average Bonchev–Trinajstić information content (AvgIpc) is 3.18. The molecule has 2 aliphatic heterocycles. The van der Waals surface area contributed by atoms with Crippen LogP contribution in [0.1, 0.15) is 56.1 Å². The van der Waals surface area contributed by atoms with Crippen molar-refractivity contribution in [3.63, 3.8) is 0 Å². The summed E-state index contributed by atoms with van der Waals surface area (Å²) in [5, 5.41) is 3.25. The van der Waals surface area contributed by atoms with Crippen LogP contribution < -0.4 is 5.32 Å². The SMILES string of the molecule is CC(C)(C)OC(=O)N1CCC(C[C@@H](CCN2CCOCC2)NC(=O)c2ccc(Cl)s2)CC1. The number of thiophene rings is 1. The Balaban J connectivity index is 1.53. The predicted octanol–water partition coefficient (Wildman–Crippen LogP) is 4.26. The molecule has 2 amide bonds. The van der Waals surface area contributed by atoms with E-state index in [0.717, 1.165) is 58.5 Å². The van der Waals surface area contributed by atoms with Crippen molar-refractivity contribution < 1.29 is 19.1 Å². The number of hydrogen-bond donors (Lipinski definition) is 1. The largest absolute Gasteiger partial charge is 0.444 e. The maximum absolute atomic E-state index is 12.8. The molecule has 9 heteroatoms. The van der Waals surface area contributed by atoms with Crippen LogP contribution in [0.3, 0.4) is 0 Å². The summed E-state index contributed by atoms with van der Waals surface area (Å²) < 4.78 is 11.6. The lowest BCUT2D eigenvalue weighted by Crippen LogP contribution is -2.44. The van der Waals surface area contributed by atoms with E-state index in [1.807, 2.05) is 20.8 Å². The molecule has 2 aliphatic rings. The fourth-order valence-electron chi connectivity index (χ4n) is 4.19. The zero-order valence-corrected chi connectivity index (χ0v) is 21.0. The molecule has 1 aromatic rings. The second-order valence-corrected chi connectivity index (χ2v) is 11.4. The average molecular weight is 486 g/mol. The van der Waals surface area contributed by atoms with E-state index in [4.69, 9.17) is 21.1 Å². The van der Waals surface area contributed by atoms with Crippen LogP contribution in [0.5, 0.6) is 0 Å². The third-order valence-electron chi connectivity index (χ3n) is 5.91. The van der Waals surface area contributed by atoms with Crippen LogP contribution in [0.15, 0.2) is 12.1 Å². The predicted molar refractivity (Wildman–Crippen MR) is 128 cm³/mol. The summed E-state index contributed by atoms with van der Waals surface area (Å²) in [5.74, 6) is 0.413. The molecule has 1 N–H and O–H groups in total. The van der Waals surface area contributed by atoms with Crippen molar-refractivity contribution in [2.45, 2.75) is 58.1 Å². The molecule has 7 nitrogen and oxygen atoms in total. The van der Waals surface area contributed by atoms with Gasteiger partial charge in [-0.15, -0.1) is 11.3 Å². The normalized spacial score (nSPS) is 19.6. The number of halogens is 1. The number of amides is 2. The number of nitrogens with one attached hydrogen (secondary N) is 1. The van der Waals surface area contributed by atoms with E-state index >= 15 is 0 Å². The zero-order chi connectivity index (χ0) is 23.1. The molecule has 180 valence electrons. The van der Waals surface area contributed by atoms with Gasteiger partial charge in [-0.3, -0.25) is 9.69 Å². The number of carbonyl (C=O) groups excluding carboxylic acids is 2. The van der Waals surface area contributed by atoms with Crippen molar-refractivity contribution in [2.24, 2.45) is 5.92 Å². The molecular formula is C23H36ClN3O4S. The fraction of sp³-hybridized carbons (Fsp3) is 0.739. The maximum Gasteiger partial charge on any atom is 0.410 e. The van der Waals surface area contributed by atoms with E-state index in [2.05, 4.69) is 10.2 Å². The summed E-state index contributed by atoms with van der Waals surface area (Å²) in [5.41, 5.74) is -0.479. The van der Waals surface area contributed by atoms with Crippen molar-refractivity contribution in [3.05, 3.63) is 21.3 Å². The van der Waals surface area contributed by atoms with Gasteiger partial charge in [0.25, 0.3) is 5.91 Å². The summed E-state index contributed by atoms with van der Waals surface area (Å²) in [6.45, 7) is 11.4. The lowest BCUT2D eigenvalue weighted by Gasteiger charge is -2.35. The number of likely N-dealkylation sites (tertiary alicyclic amines) is 1. The third-order valence-corrected chi connectivity index (χ3v) is 7.14. The Labute approximate surface area is 200 Å². The Morgan fingerprint density at radius 3 is 2.50 bits per heavy atom. The first-order valence-electron chi connectivity index (χ1n) is 11.5. The number of ether oxygens (including phenoxy) is 2. The minimum absolute atomic E-state index is 0.0555. The molecule has 3 rings (SSSR count). The molecule has 0 aliphatic carbocycles. The summed E-state index contributed by atoms with van der Waals surface area (Å²) in [7, 11) is 0. The molecule has 0 aromatic carbocycles. The van der Waals surface area contributed by atoms with Crippen molar-refractivity contribution >= 4 is 34.9 Å². The lowest BCUT2D eigenvalue weighted by atomic mass is 9.89. The van der Waals surface area contributed by atoms with E-state index in [0.29, 0.717) is 28.2 Å². The molecule has 2 fully saturated rings. The Hall–Kier alpha value is -1.35. The highest BCUT2D eigenvalue weighted by atomic mass is 35.5. The third kappa shape index (κ3) is 8.21. The summed E-state index contributed by atoms with van der Waals surface area (Å²) in [4.78, 5) is 30.0. The Bertz CT molecular complexity index is 753. The van der Waals surface area contributed by atoms with Gasteiger partial charge in [0.15, 0.2) is 0 Å². The molecule has 0 unspecified atom stereocenters. The number of piperidine rings is 1. The van der Waals surface area contributed by atoms with Crippen molar-refractivity contribution in [1.82, 2.24) is 15.1 Å². The molecule has 32 heavy (non-hydrogen) atoms. The highest BCUT2D eigenvalue weighted by Crippen LogP contribution is 2.26. The van der Waals surface area contributed by atoms with Gasteiger partial charge in [0.2, 0.25) is 0 Å². The van der Waals surface area contributed by atoms with Crippen LogP contribution in [0.4, 0.5) is 4.79 Å². The topological polar surface area (TPSA) is 71.1 Å². The first-order valence-corrected chi connectivity index (χ1v) is 12.7. The monoisotopic (exact) mass is 485 g/mol. The smallest absolute Gasteiger partial charge is 0.410 e. The van der Waals surface area contributed by atoms with E-state index in [9.17, 15) is 9.59 Å². The number of morpholine rings is 1. The number of nitrogens with zero attached hydrogens (tertiary/aromatic N) is 2. The first kappa shape index (κ1) is 25.3. The van der Waals surface area contributed by atoms with Gasteiger partial charge >= 0.3 is 6.09 Å². The van der Waals surface area contributed by atoms with E-state index < -0.39 is 5.60 Å². The van der Waals surface area contributed by atoms with Gasteiger partial charge in [-0.2, -0.15) is 0 Å². The summed E-state index contributed by atoms with van der Waals surface area (Å²) in [6.07, 6.45) is 3.43. The molecule has 0 spiro atoms. The lowest BCUT2D eigenvalue weighted by molar-refractivity contribution is 0.0174. The van der Waals surface area contributed by atoms with Crippen molar-refractivity contribution in [2.75, 3.05) is 45.9 Å². The molecule has 0 radical (unpaired) electrons. The van der Waals surface area contributed by atoms with E-state index in [1.165, 1.54) is 11.3 Å². The van der Waals surface area contributed by atoms with Crippen LogP contribution >= 0.6 is 22.9 Å². The van der Waals surface area contributed by atoms with Gasteiger partial charge in [0.05, 0.1) is 22.4 Å². The molecule has 3 heterocycles. The maximum atomic E-state index is 12.8. The first-order chi connectivity index (χ1) is 15.2. The Morgan fingerprint density at radius 2 is 1.91 bits per heavy atom. The second kappa shape index (κ2) is 11.7.